The fourth-order valence-electron chi connectivity index (χ4n) is 10.2. The number of nitrogens with zero attached hydrogens (tertiary/aromatic N) is 1. The first-order chi connectivity index (χ1) is 17.0. The van der Waals surface area contributed by atoms with Crippen LogP contribution in [0.15, 0.2) is 23.3 Å². The van der Waals surface area contributed by atoms with Crippen LogP contribution in [0.1, 0.15) is 100 Å². The largest absolute Gasteiger partial charge is 0.351 e. The number of rotatable bonds is 1. The summed E-state index contributed by atoms with van der Waals surface area (Å²) in [6.45, 7) is 17.0. The van der Waals surface area contributed by atoms with Crippen molar-refractivity contribution in [2.75, 3.05) is 0 Å². The molecule has 3 saturated carbocycles. The zero-order valence-corrected chi connectivity index (χ0v) is 24.0. The molecule has 0 aromatic rings. The van der Waals surface area contributed by atoms with E-state index >= 15 is 0 Å². The molecule has 0 unspecified atom stereocenters. The second-order valence-electron chi connectivity index (χ2n) is 15.1. The number of carbonyl (C=O) groups is 3. The average molecular weight is 505 g/mol. The molecule has 5 rings (SSSR count). The fraction of sp³-hybridized carbons (Fsp3) is 0.750. The third kappa shape index (κ3) is 3.29. The number of nitriles is 1. The van der Waals surface area contributed by atoms with Gasteiger partial charge in [-0.3, -0.25) is 14.4 Å². The molecule has 5 aliphatic carbocycles. The standard InChI is InChI=1S/C32H44N2O3/c1-19(35)34-32-13-11-27(2,3)17-21(32)25-22(36)15-24-29(6)16-20(18-33)26(37)28(4,5)23(29)9-10-30(24,7)31(25,8)12-14-32/h15-16,21,23,25H,9-14,17H2,1-8H3,(H,34,35)/t21-,23-,25-,29-,30+,31+,32-/m0/s1. The highest BCUT2D eigenvalue weighted by molar-refractivity contribution is 6.04. The van der Waals surface area contributed by atoms with Crippen LogP contribution in [0.3, 0.4) is 0 Å². The van der Waals surface area contributed by atoms with E-state index in [2.05, 4.69) is 46.0 Å². The minimum absolute atomic E-state index is 0.00435. The van der Waals surface area contributed by atoms with Crippen LogP contribution in [0.4, 0.5) is 0 Å². The van der Waals surface area contributed by atoms with Gasteiger partial charge in [-0.1, -0.05) is 60.1 Å². The van der Waals surface area contributed by atoms with E-state index in [4.69, 9.17) is 0 Å². The summed E-state index contributed by atoms with van der Waals surface area (Å²) in [5, 5.41) is 13.2. The number of nitrogens with one attached hydrogen (secondary N) is 1. The van der Waals surface area contributed by atoms with Gasteiger partial charge in [-0.25, -0.2) is 0 Å². The molecule has 0 aliphatic heterocycles. The van der Waals surface area contributed by atoms with Gasteiger partial charge in [0, 0.05) is 29.2 Å². The predicted octanol–water partition coefficient (Wildman–Crippen LogP) is 6.09. The monoisotopic (exact) mass is 504 g/mol. The van der Waals surface area contributed by atoms with Crippen LogP contribution in [-0.2, 0) is 14.4 Å². The maximum atomic E-state index is 14.4. The first-order valence-electron chi connectivity index (χ1n) is 14.2. The third-order valence-corrected chi connectivity index (χ3v) is 12.3. The van der Waals surface area contributed by atoms with Gasteiger partial charge >= 0.3 is 0 Å². The van der Waals surface area contributed by atoms with E-state index < -0.39 is 10.8 Å². The lowest BCUT2D eigenvalue weighted by atomic mass is 9.35. The van der Waals surface area contributed by atoms with Crippen LogP contribution in [0.2, 0.25) is 0 Å². The zero-order valence-electron chi connectivity index (χ0n) is 24.0. The minimum Gasteiger partial charge on any atom is -0.351 e. The zero-order chi connectivity index (χ0) is 27.4. The van der Waals surface area contributed by atoms with Gasteiger partial charge in [-0.05, 0) is 79.1 Å². The van der Waals surface area contributed by atoms with Crippen LogP contribution < -0.4 is 5.32 Å². The molecule has 5 nitrogen and oxygen atoms in total. The van der Waals surface area contributed by atoms with Gasteiger partial charge in [-0.2, -0.15) is 5.26 Å². The highest BCUT2D eigenvalue weighted by atomic mass is 16.1. The van der Waals surface area contributed by atoms with E-state index in [-0.39, 0.29) is 62.6 Å². The molecule has 7 atom stereocenters. The summed E-state index contributed by atoms with van der Waals surface area (Å²) in [6, 6.07) is 2.18. The Bertz CT molecular complexity index is 1200. The molecule has 3 fully saturated rings. The molecule has 0 heterocycles. The second kappa shape index (κ2) is 7.67. The summed E-state index contributed by atoms with van der Waals surface area (Å²) in [5.74, 6) is 0.0916. The van der Waals surface area contributed by atoms with E-state index in [1.807, 2.05) is 26.0 Å². The second-order valence-corrected chi connectivity index (χ2v) is 15.1. The maximum Gasteiger partial charge on any atom is 0.217 e. The summed E-state index contributed by atoms with van der Waals surface area (Å²) in [4.78, 5) is 40.0. The van der Waals surface area contributed by atoms with Gasteiger partial charge in [0.25, 0.3) is 0 Å². The number of Topliss-reactive ketones (excluding diaryl/α,β-unsaturated/α-hetero) is 1. The molecule has 200 valence electrons. The van der Waals surface area contributed by atoms with Gasteiger partial charge in [0.05, 0.1) is 5.57 Å². The van der Waals surface area contributed by atoms with E-state index in [1.165, 1.54) is 0 Å². The van der Waals surface area contributed by atoms with Crippen LogP contribution in [0, 0.1) is 56.2 Å². The Hall–Kier alpha value is -2.22. The van der Waals surface area contributed by atoms with Crippen molar-refractivity contribution in [1.29, 1.82) is 5.26 Å². The average Bonchev–Trinajstić information content (AvgIpc) is 2.78. The summed E-state index contributed by atoms with van der Waals surface area (Å²) in [6.07, 6.45) is 10.3. The van der Waals surface area contributed by atoms with E-state index in [0.29, 0.717) is 0 Å². The number of amides is 1. The van der Waals surface area contributed by atoms with Crippen molar-refractivity contribution in [3.05, 3.63) is 23.3 Å². The normalized spacial score (nSPS) is 45.6. The minimum atomic E-state index is -0.655. The highest BCUT2D eigenvalue weighted by Crippen LogP contribution is 2.73. The maximum absolute atomic E-state index is 14.4. The Morgan fingerprint density at radius 1 is 1.00 bits per heavy atom. The number of ketones is 2. The summed E-state index contributed by atoms with van der Waals surface area (Å²) in [5.41, 5.74) is -0.501. The molecule has 0 bridgehead atoms. The van der Waals surface area contributed by atoms with Crippen molar-refractivity contribution < 1.29 is 14.4 Å². The molecular weight excluding hydrogens is 460 g/mol. The van der Waals surface area contributed by atoms with Crippen LogP contribution >= 0.6 is 0 Å². The van der Waals surface area contributed by atoms with Gasteiger partial charge in [0.2, 0.25) is 5.91 Å². The topological polar surface area (TPSA) is 87.0 Å². The van der Waals surface area contributed by atoms with Crippen molar-refractivity contribution in [2.24, 2.45) is 44.8 Å². The molecule has 1 amide bonds. The molecule has 37 heavy (non-hydrogen) atoms. The van der Waals surface area contributed by atoms with Crippen molar-refractivity contribution >= 4 is 17.5 Å². The predicted molar refractivity (Wildman–Crippen MR) is 143 cm³/mol. The summed E-state index contributed by atoms with van der Waals surface area (Å²) in [7, 11) is 0. The Kier molecular flexibility index (Phi) is 5.47. The van der Waals surface area contributed by atoms with E-state index in [1.54, 1.807) is 6.92 Å². The number of hydrogen-bond donors (Lipinski definition) is 1. The number of carbonyl (C=O) groups excluding carboxylic acids is 3. The smallest absolute Gasteiger partial charge is 0.217 e. The lowest BCUT2D eigenvalue weighted by Gasteiger charge is -2.69. The Morgan fingerprint density at radius 2 is 1.65 bits per heavy atom. The van der Waals surface area contributed by atoms with Gasteiger partial charge in [0.15, 0.2) is 11.6 Å². The molecule has 0 aromatic carbocycles. The first kappa shape index (κ1) is 26.4. The Balaban J connectivity index is 1.69. The number of allylic oxidation sites excluding steroid dienone is 4. The molecular formula is C32H44N2O3. The lowest BCUT2D eigenvalue weighted by Crippen LogP contribution is -2.69. The Morgan fingerprint density at radius 3 is 2.27 bits per heavy atom. The van der Waals surface area contributed by atoms with Crippen LogP contribution in [0.5, 0.6) is 0 Å². The molecule has 0 radical (unpaired) electrons. The Labute approximate surface area is 222 Å². The fourth-order valence-corrected chi connectivity index (χ4v) is 10.2. The van der Waals surface area contributed by atoms with Crippen molar-refractivity contribution in [2.45, 2.75) is 106 Å². The van der Waals surface area contributed by atoms with Crippen LogP contribution in [-0.4, -0.2) is 23.0 Å². The molecule has 1 N–H and O–H groups in total. The van der Waals surface area contributed by atoms with Gasteiger partial charge in [-0.15, -0.1) is 0 Å². The molecule has 5 heteroatoms. The van der Waals surface area contributed by atoms with Crippen molar-refractivity contribution in [3.8, 4) is 6.07 Å². The first-order valence-corrected chi connectivity index (χ1v) is 14.2. The SMILES string of the molecule is CC(=O)N[C@]12CCC(C)(C)C[C@H]1[C@H]1C(=O)C=C3[C@@]4(C)C=C(C#N)C(=O)C(C)(C)[C@@H]4CC[C@@]3(C)[C@]1(C)CC2. The molecule has 0 saturated heterocycles. The molecule has 0 aromatic heterocycles. The molecule has 0 spiro atoms. The number of hydrogen-bond acceptors (Lipinski definition) is 4. The van der Waals surface area contributed by atoms with Gasteiger partial charge < -0.3 is 5.32 Å². The third-order valence-electron chi connectivity index (χ3n) is 12.3. The van der Waals surface area contributed by atoms with Crippen molar-refractivity contribution in [1.82, 2.24) is 5.32 Å². The highest BCUT2D eigenvalue weighted by Gasteiger charge is 2.69. The van der Waals surface area contributed by atoms with Crippen LogP contribution in [0.25, 0.3) is 0 Å². The van der Waals surface area contributed by atoms with Crippen molar-refractivity contribution in [3.63, 3.8) is 0 Å². The van der Waals surface area contributed by atoms with Gasteiger partial charge in [0.1, 0.15) is 6.07 Å². The quantitative estimate of drug-likeness (QED) is 0.468. The molecule has 5 aliphatic rings. The summed E-state index contributed by atoms with van der Waals surface area (Å²) >= 11 is 0. The lowest BCUT2D eigenvalue weighted by molar-refractivity contribution is -0.163. The number of fused-ring (bicyclic) bond motifs is 7. The van der Waals surface area contributed by atoms with E-state index in [0.717, 1.165) is 50.5 Å². The summed E-state index contributed by atoms with van der Waals surface area (Å²) < 4.78 is 0. The van der Waals surface area contributed by atoms with E-state index in [9.17, 15) is 19.6 Å².